The summed E-state index contributed by atoms with van der Waals surface area (Å²) in [6.45, 7) is 4.15. The van der Waals surface area contributed by atoms with Gasteiger partial charge in [-0.2, -0.15) is 0 Å². The van der Waals surface area contributed by atoms with Crippen LogP contribution in [-0.4, -0.2) is 9.91 Å². The quantitative estimate of drug-likeness (QED) is 0.537. The van der Waals surface area contributed by atoms with Crippen LogP contribution < -0.4 is 0 Å². The summed E-state index contributed by atoms with van der Waals surface area (Å²) in [6.07, 6.45) is 2.45. The molecule has 0 N–H and O–H groups in total. The predicted octanol–water partition coefficient (Wildman–Crippen LogP) is 2.25. The first-order valence-corrected chi connectivity index (χ1v) is 4.50. The molecule has 0 bridgehead atoms. The van der Waals surface area contributed by atoms with Crippen molar-refractivity contribution in [2.45, 2.75) is 20.3 Å². The summed E-state index contributed by atoms with van der Waals surface area (Å²) >= 11 is 1.16. The Morgan fingerprint density at radius 3 is 2.83 bits per heavy atom. The van der Waals surface area contributed by atoms with Gasteiger partial charge < -0.3 is 10.1 Å². The summed E-state index contributed by atoms with van der Waals surface area (Å²) in [6, 6.07) is 0. The number of hydrogen-bond donors (Lipinski definition) is 0. The Morgan fingerprint density at radius 2 is 2.42 bits per heavy atom. The first kappa shape index (κ1) is 9.12. The molecule has 0 fully saturated rings. The van der Waals surface area contributed by atoms with Crippen LogP contribution in [0.4, 0.5) is 5.13 Å². The summed E-state index contributed by atoms with van der Waals surface area (Å²) in [5.74, 6) is 0.519. The summed E-state index contributed by atoms with van der Waals surface area (Å²) in [4.78, 5) is 14.5. The average molecular weight is 186 g/mol. The minimum atomic E-state index is -0.450. The molecule has 0 aliphatic rings. The van der Waals surface area contributed by atoms with Gasteiger partial charge in [-0.05, 0) is 33.6 Å². The topological polar surface area (TPSA) is 56.0 Å². The number of aromatic nitrogens is 1. The van der Waals surface area contributed by atoms with Crippen molar-refractivity contribution in [1.82, 2.24) is 4.98 Å². The van der Waals surface area contributed by atoms with Gasteiger partial charge in [-0.1, -0.05) is 13.8 Å². The van der Waals surface area contributed by atoms with E-state index in [4.69, 9.17) is 0 Å². The van der Waals surface area contributed by atoms with Gasteiger partial charge in [0.1, 0.15) is 0 Å². The zero-order chi connectivity index (χ0) is 9.14. The van der Waals surface area contributed by atoms with Crippen molar-refractivity contribution in [2.75, 3.05) is 0 Å². The van der Waals surface area contributed by atoms with Crippen molar-refractivity contribution in [3.8, 4) is 0 Å². The van der Waals surface area contributed by atoms with Crippen molar-refractivity contribution >= 4 is 16.5 Å². The molecule has 0 aliphatic heterocycles. The van der Waals surface area contributed by atoms with Gasteiger partial charge in [-0.15, -0.1) is 0 Å². The van der Waals surface area contributed by atoms with E-state index in [0.717, 1.165) is 22.6 Å². The molecule has 0 radical (unpaired) electrons. The van der Waals surface area contributed by atoms with Crippen LogP contribution in [0.2, 0.25) is 0 Å². The fourth-order valence-electron chi connectivity index (χ4n) is 0.878. The SMILES string of the molecule is CC(C)Cc1cnc([N+](=O)[O-])s1. The molecule has 0 saturated heterocycles. The van der Waals surface area contributed by atoms with Gasteiger partial charge in [-0.25, -0.2) is 0 Å². The summed E-state index contributed by atoms with van der Waals surface area (Å²) < 4.78 is 0. The van der Waals surface area contributed by atoms with Crippen LogP contribution in [0.15, 0.2) is 6.20 Å². The molecule has 0 atom stereocenters. The van der Waals surface area contributed by atoms with Crippen LogP contribution >= 0.6 is 11.3 Å². The molecule has 0 aromatic carbocycles. The van der Waals surface area contributed by atoms with E-state index in [2.05, 4.69) is 18.8 Å². The highest BCUT2D eigenvalue weighted by molar-refractivity contribution is 7.14. The minimum absolute atomic E-state index is 0.00866. The van der Waals surface area contributed by atoms with Gasteiger partial charge in [0.25, 0.3) is 0 Å². The van der Waals surface area contributed by atoms with Crippen molar-refractivity contribution < 1.29 is 4.92 Å². The average Bonchev–Trinajstić information content (AvgIpc) is 2.34. The van der Waals surface area contributed by atoms with Crippen LogP contribution in [-0.2, 0) is 6.42 Å². The van der Waals surface area contributed by atoms with Crippen LogP contribution in [0, 0.1) is 16.0 Å². The monoisotopic (exact) mass is 186 g/mol. The minimum Gasteiger partial charge on any atom is -0.357 e. The molecule has 1 aromatic heterocycles. The molecule has 0 aliphatic carbocycles. The van der Waals surface area contributed by atoms with Crippen LogP contribution in [0.1, 0.15) is 18.7 Å². The van der Waals surface area contributed by atoms with Crippen molar-refractivity contribution in [3.05, 3.63) is 21.2 Å². The highest BCUT2D eigenvalue weighted by Gasteiger charge is 2.12. The van der Waals surface area contributed by atoms with Gasteiger partial charge in [0.15, 0.2) is 6.20 Å². The molecule has 12 heavy (non-hydrogen) atoms. The molecule has 4 nitrogen and oxygen atoms in total. The molecule has 1 rings (SSSR count). The maximum absolute atomic E-state index is 10.3. The Bertz CT molecular complexity index is 283. The van der Waals surface area contributed by atoms with Crippen molar-refractivity contribution in [3.63, 3.8) is 0 Å². The first-order valence-electron chi connectivity index (χ1n) is 3.68. The van der Waals surface area contributed by atoms with E-state index in [1.165, 1.54) is 0 Å². The Balaban J connectivity index is 2.71. The summed E-state index contributed by atoms with van der Waals surface area (Å²) in [7, 11) is 0. The number of hydrogen-bond acceptors (Lipinski definition) is 4. The third kappa shape index (κ3) is 2.27. The maximum Gasteiger partial charge on any atom is 0.423 e. The van der Waals surface area contributed by atoms with Crippen LogP contribution in [0.25, 0.3) is 0 Å². The molecule has 0 amide bonds. The molecule has 0 saturated carbocycles. The second kappa shape index (κ2) is 3.62. The Morgan fingerprint density at radius 1 is 1.75 bits per heavy atom. The highest BCUT2D eigenvalue weighted by Crippen LogP contribution is 2.22. The van der Waals surface area contributed by atoms with E-state index >= 15 is 0 Å². The molecule has 1 aromatic rings. The molecule has 5 heteroatoms. The third-order valence-electron chi connectivity index (χ3n) is 1.31. The standard InChI is InChI=1S/C7H10N2O2S/c1-5(2)3-6-4-8-7(12-6)9(10)11/h4-5H,3H2,1-2H3. The lowest BCUT2D eigenvalue weighted by Gasteiger charge is -1.96. The first-order chi connectivity index (χ1) is 5.59. The molecular formula is C7H10N2O2S. The lowest BCUT2D eigenvalue weighted by atomic mass is 10.1. The van der Waals surface area contributed by atoms with Gasteiger partial charge in [0.05, 0.1) is 4.88 Å². The van der Waals surface area contributed by atoms with E-state index in [1.54, 1.807) is 6.20 Å². The van der Waals surface area contributed by atoms with E-state index in [9.17, 15) is 10.1 Å². The van der Waals surface area contributed by atoms with Gasteiger partial charge in [-0.3, -0.25) is 0 Å². The lowest BCUT2D eigenvalue weighted by Crippen LogP contribution is -1.89. The van der Waals surface area contributed by atoms with Crippen LogP contribution in [0.3, 0.4) is 0 Å². The van der Waals surface area contributed by atoms with Crippen LogP contribution in [0.5, 0.6) is 0 Å². The normalized spacial score (nSPS) is 10.6. The Kier molecular flexibility index (Phi) is 2.75. The molecule has 0 spiro atoms. The van der Waals surface area contributed by atoms with Crippen molar-refractivity contribution in [1.29, 1.82) is 0 Å². The predicted molar refractivity (Wildman–Crippen MR) is 47.3 cm³/mol. The molecule has 66 valence electrons. The smallest absolute Gasteiger partial charge is 0.357 e. The number of thiazole rings is 1. The number of nitro groups is 1. The number of nitrogens with zero attached hydrogens (tertiary/aromatic N) is 2. The fourth-order valence-corrected chi connectivity index (χ4v) is 1.81. The Hall–Kier alpha value is -0.970. The number of rotatable bonds is 3. The van der Waals surface area contributed by atoms with E-state index in [-0.39, 0.29) is 5.13 Å². The molecule has 0 unspecified atom stereocenters. The van der Waals surface area contributed by atoms with Gasteiger partial charge in [0, 0.05) is 0 Å². The van der Waals surface area contributed by atoms with E-state index in [1.807, 2.05) is 0 Å². The second-order valence-electron chi connectivity index (χ2n) is 2.96. The van der Waals surface area contributed by atoms with E-state index < -0.39 is 4.92 Å². The third-order valence-corrected chi connectivity index (χ3v) is 2.28. The molecular weight excluding hydrogens is 176 g/mol. The highest BCUT2D eigenvalue weighted by atomic mass is 32.1. The zero-order valence-electron chi connectivity index (χ0n) is 6.98. The fraction of sp³-hybridized carbons (Fsp3) is 0.571. The zero-order valence-corrected chi connectivity index (χ0v) is 7.80. The maximum atomic E-state index is 10.3. The second-order valence-corrected chi connectivity index (χ2v) is 4.06. The van der Waals surface area contributed by atoms with Crippen molar-refractivity contribution in [2.24, 2.45) is 5.92 Å². The molecule has 1 heterocycles. The van der Waals surface area contributed by atoms with Gasteiger partial charge in [0.2, 0.25) is 0 Å². The largest absolute Gasteiger partial charge is 0.423 e. The summed E-state index contributed by atoms with van der Waals surface area (Å²) in [5, 5.41) is 10.2. The van der Waals surface area contributed by atoms with E-state index in [0.29, 0.717) is 5.92 Å². The Labute approximate surface area is 74.4 Å². The summed E-state index contributed by atoms with van der Waals surface area (Å²) in [5.41, 5.74) is 0. The lowest BCUT2D eigenvalue weighted by molar-refractivity contribution is -0.384. The van der Waals surface area contributed by atoms with Gasteiger partial charge >= 0.3 is 5.13 Å².